The lowest BCUT2D eigenvalue weighted by atomic mass is 10.1. The van der Waals surface area contributed by atoms with Crippen molar-refractivity contribution in [3.63, 3.8) is 0 Å². The van der Waals surface area contributed by atoms with Crippen LogP contribution < -0.4 is 11.1 Å². The smallest absolute Gasteiger partial charge is 0.287 e. The molecule has 0 bridgehead atoms. The van der Waals surface area contributed by atoms with Gasteiger partial charge in [0.2, 0.25) is 0 Å². The fourth-order valence-corrected chi connectivity index (χ4v) is 2.17. The van der Waals surface area contributed by atoms with Gasteiger partial charge in [0, 0.05) is 6.54 Å². The number of hydrogen-bond acceptors (Lipinski definition) is 4. The molecule has 94 valence electrons. The second-order valence-electron chi connectivity index (χ2n) is 4.51. The number of rotatable bonds is 4. The number of nitrogens with two attached hydrogens (primary N) is 1. The summed E-state index contributed by atoms with van der Waals surface area (Å²) >= 11 is 0. The summed E-state index contributed by atoms with van der Waals surface area (Å²) in [6.45, 7) is 0.886. The molecule has 1 amide bonds. The SMILES string of the molecule is NCc1ccc(C(=O)NCC2CCC(O)C2)o1. The average molecular weight is 238 g/mol. The number of amides is 1. The van der Waals surface area contributed by atoms with E-state index in [4.69, 9.17) is 10.2 Å². The fraction of sp³-hybridized carbons (Fsp3) is 0.583. The van der Waals surface area contributed by atoms with Crippen molar-refractivity contribution in [2.75, 3.05) is 6.54 Å². The van der Waals surface area contributed by atoms with Gasteiger partial charge in [0.05, 0.1) is 12.6 Å². The van der Waals surface area contributed by atoms with Gasteiger partial charge in [-0.1, -0.05) is 0 Å². The zero-order valence-corrected chi connectivity index (χ0v) is 9.69. The molecule has 0 aliphatic heterocycles. The minimum atomic E-state index is -0.217. The number of nitrogens with one attached hydrogen (secondary N) is 1. The maximum absolute atomic E-state index is 11.7. The van der Waals surface area contributed by atoms with E-state index in [1.807, 2.05) is 0 Å². The monoisotopic (exact) mass is 238 g/mol. The molecule has 2 unspecified atom stereocenters. The Balaban J connectivity index is 1.81. The number of carbonyl (C=O) groups is 1. The van der Waals surface area contributed by atoms with Crippen LogP contribution in [0, 0.1) is 5.92 Å². The Kier molecular flexibility index (Phi) is 3.81. The van der Waals surface area contributed by atoms with Crippen LogP contribution in [0.25, 0.3) is 0 Å². The molecule has 1 fully saturated rings. The van der Waals surface area contributed by atoms with Crippen LogP contribution in [0.4, 0.5) is 0 Å². The molecule has 17 heavy (non-hydrogen) atoms. The van der Waals surface area contributed by atoms with Crippen molar-refractivity contribution in [1.29, 1.82) is 0 Å². The standard InChI is InChI=1S/C12H18N2O3/c13-6-10-3-4-11(17-10)12(16)14-7-8-1-2-9(15)5-8/h3-4,8-9,15H,1-2,5-7,13H2,(H,14,16). The van der Waals surface area contributed by atoms with E-state index in [2.05, 4.69) is 5.32 Å². The maximum atomic E-state index is 11.7. The highest BCUT2D eigenvalue weighted by Crippen LogP contribution is 2.24. The van der Waals surface area contributed by atoms with Crippen LogP contribution in [0.3, 0.4) is 0 Å². The Hall–Kier alpha value is -1.33. The summed E-state index contributed by atoms with van der Waals surface area (Å²) in [6, 6.07) is 3.33. The number of carbonyl (C=O) groups excluding carboxylic acids is 1. The van der Waals surface area contributed by atoms with E-state index in [-0.39, 0.29) is 12.0 Å². The van der Waals surface area contributed by atoms with E-state index in [1.54, 1.807) is 12.1 Å². The molecule has 1 aliphatic carbocycles. The average Bonchev–Trinajstić information content (AvgIpc) is 2.94. The van der Waals surface area contributed by atoms with Gasteiger partial charge in [0.1, 0.15) is 5.76 Å². The van der Waals surface area contributed by atoms with E-state index in [9.17, 15) is 9.90 Å². The van der Waals surface area contributed by atoms with Crippen LogP contribution in [0.2, 0.25) is 0 Å². The third-order valence-electron chi connectivity index (χ3n) is 3.15. The molecule has 2 atom stereocenters. The van der Waals surface area contributed by atoms with Crippen LogP contribution in [-0.4, -0.2) is 23.7 Å². The Morgan fingerprint density at radius 2 is 2.35 bits per heavy atom. The second kappa shape index (κ2) is 5.33. The van der Waals surface area contributed by atoms with Crippen LogP contribution >= 0.6 is 0 Å². The number of aliphatic hydroxyl groups is 1. The zero-order chi connectivity index (χ0) is 12.3. The predicted octanol–water partition coefficient (Wildman–Crippen LogP) is 0.629. The quantitative estimate of drug-likeness (QED) is 0.717. The lowest BCUT2D eigenvalue weighted by Crippen LogP contribution is -2.28. The number of hydrogen-bond donors (Lipinski definition) is 3. The molecule has 0 aromatic carbocycles. The lowest BCUT2D eigenvalue weighted by molar-refractivity contribution is 0.0915. The molecule has 5 heteroatoms. The van der Waals surface area contributed by atoms with Gasteiger partial charge >= 0.3 is 0 Å². The number of aliphatic hydroxyl groups excluding tert-OH is 1. The largest absolute Gasteiger partial charge is 0.455 e. The molecule has 5 nitrogen and oxygen atoms in total. The second-order valence-corrected chi connectivity index (χ2v) is 4.51. The summed E-state index contributed by atoms with van der Waals surface area (Å²) in [5.74, 6) is 1.06. The first-order chi connectivity index (χ1) is 8.19. The molecule has 0 spiro atoms. The van der Waals surface area contributed by atoms with E-state index in [0.717, 1.165) is 19.3 Å². The van der Waals surface area contributed by atoms with Gasteiger partial charge in [-0.2, -0.15) is 0 Å². The summed E-state index contributed by atoms with van der Waals surface area (Å²) in [7, 11) is 0. The molecule has 0 radical (unpaired) electrons. The highest BCUT2D eigenvalue weighted by Gasteiger charge is 2.23. The highest BCUT2D eigenvalue weighted by atomic mass is 16.4. The highest BCUT2D eigenvalue weighted by molar-refractivity contribution is 5.91. The summed E-state index contributed by atoms with van der Waals surface area (Å²) in [5.41, 5.74) is 5.40. The van der Waals surface area contributed by atoms with Gasteiger partial charge < -0.3 is 20.6 Å². The van der Waals surface area contributed by atoms with Gasteiger partial charge in [-0.15, -0.1) is 0 Å². The van der Waals surface area contributed by atoms with Crippen molar-refractivity contribution in [3.8, 4) is 0 Å². The van der Waals surface area contributed by atoms with Crippen molar-refractivity contribution >= 4 is 5.91 Å². The van der Waals surface area contributed by atoms with Crippen molar-refractivity contribution in [2.24, 2.45) is 11.7 Å². The molecule has 1 aromatic heterocycles. The summed E-state index contributed by atoms with van der Waals surface area (Å²) in [6.07, 6.45) is 2.36. The Bertz CT molecular complexity index is 389. The van der Waals surface area contributed by atoms with Crippen LogP contribution in [0.1, 0.15) is 35.6 Å². The molecule has 2 rings (SSSR count). The van der Waals surface area contributed by atoms with E-state index in [1.165, 1.54) is 0 Å². The molecular formula is C12H18N2O3. The van der Waals surface area contributed by atoms with Crippen molar-refractivity contribution in [2.45, 2.75) is 31.9 Å². The zero-order valence-electron chi connectivity index (χ0n) is 9.69. The predicted molar refractivity (Wildman–Crippen MR) is 62.3 cm³/mol. The first kappa shape index (κ1) is 12.1. The van der Waals surface area contributed by atoms with Crippen LogP contribution in [-0.2, 0) is 6.54 Å². The molecule has 0 saturated heterocycles. The first-order valence-electron chi connectivity index (χ1n) is 5.94. The lowest BCUT2D eigenvalue weighted by Gasteiger charge is -2.09. The summed E-state index contributed by atoms with van der Waals surface area (Å²) in [5, 5.41) is 12.2. The van der Waals surface area contributed by atoms with Gasteiger partial charge in [0.25, 0.3) is 5.91 Å². The minimum Gasteiger partial charge on any atom is -0.455 e. The Labute approximate surface area is 100.0 Å². The van der Waals surface area contributed by atoms with Gasteiger partial charge in [-0.3, -0.25) is 4.79 Å². The molecule has 4 N–H and O–H groups in total. The van der Waals surface area contributed by atoms with E-state index >= 15 is 0 Å². The van der Waals surface area contributed by atoms with Crippen molar-refractivity contribution in [3.05, 3.63) is 23.7 Å². The summed E-state index contributed by atoms with van der Waals surface area (Å²) < 4.78 is 5.24. The maximum Gasteiger partial charge on any atom is 0.287 e. The molecule has 1 aromatic rings. The topological polar surface area (TPSA) is 88.5 Å². The molecule has 1 aliphatic rings. The van der Waals surface area contributed by atoms with Crippen molar-refractivity contribution < 1.29 is 14.3 Å². The molecular weight excluding hydrogens is 220 g/mol. The van der Waals surface area contributed by atoms with Crippen LogP contribution in [0.15, 0.2) is 16.5 Å². The van der Waals surface area contributed by atoms with Crippen LogP contribution in [0.5, 0.6) is 0 Å². The summed E-state index contributed by atoms with van der Waals surface area (Å²) in [4.78, 5) is 11.7. The Morgan fingerprint density at radius 1 is 1.53 bits per heavy atom. The normalized spacial score (nSPS) is 23.9. The van der Waals surface area contributed by atoms with Gasteiger partial charge in [0.15, 0.2) is 5.76 Å². The fourth-order valence-electron chi connectivity index (χ4n) is 2.17. The van der Waals surface area contributed by atoms with E-state index < -0.39 is 0 Å². The molecule has 1 saturated carbocycles. The van der Waals surface area contributed by atoms with Gasteiger partial charge in [-0.05, 0) is 37.3 Å². The minimum absolute atomic E-state index is 0.204. The molecule has 1 heterocycles. The first-order valence-corrected chi connectivity index (χ1v) is 5.94. The van der Waals surface area contributed by atoms with Crippen molar-refractivity contribution in [1.82, 2.24) is 5.32 Å². The third-order valence-corrected chi connectivity index (χ3v) is 3.15. The number of furan rings is 1. The Morgan fingerprint density at radius 3 is 2.94 bits per heavy atom. The van der Waals surface area contributed by atoms with Gasteiger partial charge in [-0.25, -0.2) is 0 Å². The third kappa shape index (κ3) is 3.08. The van der Waals surface area contributed by atoms with E-state index in [0.29, 0.717) is 30.5 Å².